The van der Waals surface area contributed by atoms with Gasteiger partial charge in [-0.3, -0.25) is 14.4 Å². The van der Waals surface area contributed by atoms with Crippen molar-refractivity contribution in [3.05, 3.63) is 59.7 Å². The Morgan fingerprint density at radius 1 is 0.914 bits per heavy atom. The SMILES string of the molecule is CCCCCCCCCCOc1ccc(C(=O)Nc2cccc(C(=O)N(CCSC)OC)c2)cc1. The Bertz CT molecular complexity index is 889. The summed E-state index contributed by atoms with van der Waals surface area (Å²) in [5.74, 6) is 1.06. The van der Waals surface area contributed by atoms with E-state index in [1.54, 1.807) is 48.2 Å². The molecule has 0 aliphatic rings. The fourth-order valence-corrected chi connectivity index (χ4v) is 4.00. The van der Waals surface area contributed by atoms with E-state index in [1.165, 1.54) is 57.1 Å². The highest BCUT2D eigenvalue weighted by Gasteiger charge is 2.16. The first-order chi connectivity index (χ1) is 17.1. The standard InChI is InChI=1S/C28H40N2O4S/c1-4-5-6-7-8-9-10-11-20-34-26-17-15-23(16-18-26)27(31)29-25-14-12-13-24(22-25)28(32)30(33-2)19-21-35-3/h12-18,22H,4-11,19-21H2,1-3H3,(H,29,31). The monoisotopic (exact) mass is 500 g/mol. The molecule has 0 bridgehead atoms. The van der Waals surface area contributed by atoms with E-state index in [0.717, 1.165) is 17.9 Å². The lowest BCUT2D eigenvalue weighted by Crippen LogP contribution is -2.32. The van der Waals surface area contributed by atoms with Gasteiger partial charge in [-0.15, -0.1) is 0 Å². The summed E-state index contributed by atoms with van der Waals surface area (Å²) in [6.45, 7) is 3.42. The van der Waals surface area contributed by atoms with Crippen molar-refractivity contribution in [1.29, 1.82) is 0 Å². The minimum absolute atomic E-state index is 0.240. The van der Waals surface area contributed by atoms with Gasteiger partial charge in [-0.1, -0.05) is 57.9 Å². The van der Waals surface area contributed by atoms with Gasteiger partial charge >= 0.3 is 0 Å². The van der Waals surface area contributed by atoms with E-state index in [4.69, 9.17) is 9.57 Å². The molecule has 0 unspecified atom stereocenters. The van der Waals surface area contributed by atoms with Gasteiger partial charge in [0, 0.05) is 22.6 Å². The van der Waals surface area contributed by atoms with Crippen molar-refractivity contribution in [3.8, 4) is 5.75 Å². The lowest BCUT2D eigenvalue weighted by molar-refractivity contribution is -0.0907. The zero-order valence-electron chi connectivity index (χ0n) is 21.4. The highest BCUT2D eigenvalue weighted by atomic mass is 32.2. The third kappa shape index (κ3) is 10.7. The van der Waals surface area contributed by atoms with Crippen molar-refractivity contribution in [2.75, 3.05) is 37.6 Å². The van der Waals surface area contributed by atoms with Crippen LogP contribution < -0.4 is 10.1 Å². The van der Waals surface area contributed by atoms with Crippen molar-refractivity contribution in [1.82, 2.24) is 5.06 Å². The number of ether oxygens (including phenoxy) is 1. The van der Waals surface area contributed by atoms with Gasteiger partial charge in [0.1, 0.15) is 5.75 Å². The van der Waals surface area contributed by atoms with Crippen LogP contribution in [0, 0.1) is 0 Å². The van der Waals surface area contributed by atoms with E-state index in [-0.39, 0.29) is 11.8 Å². The molecule has 2 aromatic carbocycles. The van der Waals surface area contributed by atoms with Crippen LogP contribution in [-0.2, 0) is 4.84 Å². The van der Waals surface area contributed by atoms with E-state index in [2.05, 4.69) is 12.2 Å². The number of nitrogens with zero attached hydrogens (tertiary/aromatic N) is 1. The smallest absolute Gasteiger partial charge is 0.277 e. The second-order valence-corrected chi connectivity index (χ2v) is 9.45. The summed E-state index contributed by atoms with van der Waals surface area (Å²) in [6, 6.07) is 14.0. The van der Waals surface area contributed by atoms with Crippen molar-refractivity contribution >= 4 is 29.3 Å². The Balaban J connectivity index is 1.79. The number of hydrogen-bond donors (Lipinski definition) is 1. The summed E-state index contributed by atoms with van der Waals surface area (Å²) in [6.07, 6.45) is 12.1. The lowest BCUT2D eigenvalue weighted by atomic mass is 10.1. The topological polar surface area (TPSA) is 67.9 Å². The van der Waals surface area contributed by atoms with Crippen molar-refractivity contribution in [2.24, 2.45) is 0 Å². The number of carbonyl (C=O) groups excluding carboxylic acids is 2. The Labute approximate surface area is 214 Å². The minimum atomic E-state index is -0.241. The molecule has 0 aliphatic carbocycles. The fraction of sp³-hybridized carbons (Fsp3) is 0.500. The van der Waals surface area contributed by atoms with Crippen molar-refractivity contribution in [2.45, 2.75) is 58.3 Å². The number of hydroxylamine groups is 2. The van der Waals surface area contributed by atoms with Gasteiger partial charge in [-0.2, -0.15) is 11.8 Å². The third-order valence-electron chi connectivity index (χ3n) is 5.70. The molecule has 2 amide bonds. The van der Waals surface area contributed by atoms with Gasteiger partial charge < -0.3 is 10.1 Å². The lowest BCUT2D eigenvalue weighted by Gasteiger charge is -2.19. The molecule has 0 saturated heterocycles. The zero-order valence-corrected chi connectivity index (χ0v) is 22.2. The molecule has 0 heterocycles. The first-order valence-corrected chi connectivity index (χ1v) is 14.0. The van der Waals surface area contributed by atoms with E-state index >= 15 is 0 Å². The molecule has 0 aromatic heterocycles. The minimum Gasteiger partial charge on any atom is -0.494 e. The molecule has 35 heavy (non-hydrogen) atoms. The number of thioether (sulfide) groups is 1. The zero-order chi connectivity index (χ0) is 25.3. The Morgan fingerprint density at radius 2 is 1.60 bits per heavy atom. The van der Waals surface area contributed by atoms with Crippen molar-refractivity contribution < 1.29 is 19.2 Å². The predicted octanol–water partition coefficient (Wildman–Crippen LogP) is 6.83. The molecule has 0 atom stereocenters. The summed E-state index contributed by atoms with van der Waals surface area (Å²) in [4.78, 5) is 30.6. The van der Waals surface area contributed by atoms with Gasteiger partial charge in [-0.05, 0) is 55.1 Å². The average Bonchev–Trinajstić information content (AvgIpc) is 2.88. The molecule has 0 radical (unpaired) electrons. The van der Waals surface area contributed by atoms with Crippen LogP contribution in [0.15, 0.2) is 48.5 Å². The fourth-order valence-electron chi connectivity index (χ4n) is 3.66. The van der Waals surface area contributed by atoms with Crippen LogP contribution in [-0.4, -0.2) is 49.1 Å². The maximum absolute atomic E-state index is 12.7. The van der Waals surface area contributed by atoms with Crippen LogP contribution in [0.3, 0.4) is 0 Å². The summed E-state index contributed by atoms with van der Waals surface area (Å²) < 4.78 is 5.82. The van der Waals surface area contributed by atoms with Crippen LogP contribution in [0.2, 0.25) is 0 Å². The molecule has 6 nitrogen and oxygen atoms in total. The maximum atomic E-state index is 12.7. The van der Waals surface area contributed by atoms with E-state index in [0.29, 0.717) is 30.0 Å². The molecule has 0 saturated carbocycles. The molecule has 0 aliphatic heterocycles. The molecule has 2 rings (SSSR count). The first kappa shape index (κ1) is 28.7. The second kappa shape index (κ2) is 17.0. The number of carbonyl (C=O) groups is 2. The van der Waals surface area contributed by atoms with Gasteiger partial charge in [0.2, 0.25) is 0 Å². The summed E-state index contributed by atoms with van der Waals surface area (Å²) >= 11 is 1.64. The normalized spacial score (nSPS) is 10.7. The predicted molar refractivity (Wildman–Crippen MR) is 145 cm³/mol. The quantitative estimate of drug-likeness (QED) is 0.191. The number of unbranched alkanes of at least 4 members (excludes halogenated alkanes) is 7. The van der Waals surface area contributed by atoms with Crippen molar-refractivity contribution in [3.63, 3.8) is 0 Å². The van der Waals surface area contributed by atoms with Gasteiger partial charge in [0.25, 0.3) is 11.8 Å². The highest BCUT2D eigenvalue weighted by Crippen LogP contribution is 2.17. The highest BCUT2D eigenvalue weighted by molar-refractivity contribution is 7.98. The first-order valence-electron chi connectivity index (χ1n) is 12.6. The molecule has 7 heteroatoms. The van der Waals surface area contributed by atoms with Gasteiger partial charge in [0.05, 0.1) is 20.3 Å². The molecular formula is C28H40N2O4S. The van der Waals surface area contributed by atoms with Gasteiger partial charge in [0.15, 0.2) is 0 Å². The molecule has 1 N–H and O–H groups in total. The van der Waals surface area contributed by atoms with E-state index < -0.39 is 0 Å². The third-order valence-corrected chi connectivity index (χ3v) is 6.29. The summed E-state index contributed by atoms with van der Waals surface area (Å²) in [5.41, 5.74) is 1.53. The maximum Gasteiger partial charge on any atom is 0.277 e. The number of anilines is 1. The van der Waals surface area contributed by atoms with E-state index in [1.807, 2.05) is 18.4 Å². The Kier molecular flexibility index (Phi) is 14.0. The Morgan fingerprint density at radius 3 is 2.26 bits per heavy atom. The van der Waals surface area contributed by atoms with Crippen LogP contribution in [0.25, 0.3) is 0 Å². The average molecular weight is 501 g/mol. The number of rotatable bonds is 17. The van der Waals surface area contributed by atoms with E-state index in [9.17, 15) is 9.59 Å². The number of benzene rings is 2. The molecule has 2 aromatic rings. The number of hydrogen-bond acceptors (Lipinski definition) is 5. The molecule has 192 valence electrons. The van der Waals surface area contributed by atoms with Crippen LogP contribution in [0.4, 0.5) is 5.69 Å². The number of nitrogens with one attached hydrogen (secondary N) is 1. The molecule has 0 spiro atoms. The van der Waals surface area contributed by atoms with Crippen LogP contribution in [0.5, 0.6) is 5.75 Å². The van der Waals surface area contributed by atoms with Crippen LogP contribution in [0.1, 0.15) is 79.0 Å². The summed E-state index contributed by atoms with van der Waals surface area (Å²) in [5, 5.41) is 4.19. The molecular weight excluding hydrogens is 460 g/mol. The van der Waals surface area contributed by atoms with Crippen LogP contribution >= 0.6 is 11.8 Å². The largest absolute Gasteiger partial charge is 0.494 e. The molecule has 0 fully saturated rings. The Hall–Kier alpha value is -2.51. The second-order valence-electron chi connectivity index (χ2n) is 8.47. The van der Waals surface area contributed by atoms with Gasteiger partial charge in [-0.25, -0.2) is 5.06 Å². The summed E-state index contributed by atoms with van der Waals surface area (Å²) in [7, 11) is 1.48. The number of amides is 2.